The molecule has 120 valence electrons. The lowest BCUT2D eigenvalue weighted by Crippen LogP contribution is -2.24. The van der Waals surface area contributed by atoms with Gasteiger partial charge in [0.15, 0.2) is 0 Å². The zero-order valence-electron chi connectivity index (χ0n) is 13.8. The lowest BCUT2D eigenvalue weighted by atomic mass is 9.94. The van der Waals surface area contributed by atoms with Crippen LogP contribution >= 0.6 is 11.3 Å². The van der Waals surface area contributed by atoms with Crippen molar-refractivity contribution in [2.24, 2.45) is 13.0 Å². The smallest absolute Gasteiger partial charge is 0.0901 e. The average molecular weight is 319 g/mol. The van der Waals surface area contributed by atoms with Crippen molar-refractivity contribution in [1.29, 1.82) is 0 Å². The van der Waals surface area contributed by atoms with E-state index in [0.717, 1.165) is 31.8 Å². The summed E-state index contributed by atoms with van der Waals surface area (Å²) in [6, 6.07) is 4.40. The van der Waals surface area contributed by atoms with Crippen LogP contribution in [0.3, 0.4) is 0 Å². The van der Waals surface area contributed by atoms with Crippen LogP contribution in [-0.4, -0.2) is 22.9 Å². The van der Waals surface area contributed by atoms with Crippen LogP contribution in [0.1, 0.15) is 39.2 Å². The van der Waals surface area contributed by atoms with Gasteiger partial charge >= 0.3 is 0 Å². The Morgan fingerprint density at radius 2 is 2.18 bits per heavy atom. The molecule has 0 amide bonds. The first kappa shape index (κ1) is 15.7. The number of hydrogen-bond donors (Lipinski definition) is 1. The highest BCUT2D eigenvalue weighted by atomic mass is 32.1. The standard InChI is InChI=1S/C17H25N3OS/c1-11-5-6-15(22-11)10-18-9-14-7-8-21-17(14)16-12(2)19-20(4)13(16)3/h5-6,14,17-18H,7-10H2,1-4H3/t14-,17-/m1/s1. The van der Waals surface area contributed by atoms with Crippen molar-refractivity contribution >= 4 is 11.3 Å². The van der Waals surface area contributed by atoms with Gasteiger partial charge in [0.2, 0.25) is 0 Å². The second-order valence-corrected chi connectivity index (χ2v) is 7.56. The molecular weight excluding hydrogens is 294 g/mol. The second kappa shape index (κ2) is 6.52. The Morgan fingerprint density at radius 1 is 1.36 bits per heavy atom. The molecule has 22 heavy (non-hydrogen) atoms. The highest BCUT2D eigenvalue weighted by molar-refractivity contribution is 7.11. The van der Waals surface area contributed by atoms with Crippen molar-refractivity contribution in [3.63, 3.8) is 0 Å². The molecule has 1 aliphatic rings. The molecule has 0 bridgehead atoms. The number of hydrogen-bond acceptors (Lipinski definition) is 4. The maximum absolute atomic E-state index is 6.04. The number of thiophene rings is 1. The Kier molecular flexibility index (Phi) is 4.66. The van der Waals surface area contributed by atoms with E-state index in [-0.39, 0.29) is 6.10 Å². The van der Waals surface area contributed by atoms with E-state index in [0.29, 0.717) is 5.92 Å². The van der Waals surface area contributed by atoms with Gasteiger partial charge in [-0.2, -0.15) is 5.10 Å². The van der Waals surface area contributed by atoms with Crippen LogP contribution in [0.5, 0.6) is 0 Å². The van der Waals surface area contributed by atoms with E-state index in [1.54, 1.807) is 0 Å². The summed E-state index contributed by atoms with van der Waals surface area (Å²) in [5.41, 5.74) is 3.62. The number of nitrogens with zero attached hydrogens (tertiary/aromatic N) is 2. The quantitative estimate of drug-likeness (QED) is 0.919. The Bertz CT molecular complexity index is 646. The van der Waals surface area contributed by atoms with E-state index < -0.39 is 0 Å². The van der Waals surface area contributed by atoms with Crippen LogP contribution < -0.4 is 5.32 Å². The zero-order valence-corrected chi connectivity index (χ0v) is 14.7. The van der Waals surface area contributed by atoms with Gasteiger partial charge in [0.1, 0.15) is 0 Å². The van der Waals surface area contributed by atoms with Gasteiger partial charge < -0.3 is 10.1 Å². The first-order chi connectivity index (χ1) is 10.6. The lowest BCUT2D eigenvalue weighted by Gasteiger charge is -2.19. The molecule has 1 saturated heterocycles. The molecule has 3 rings (SSSR count). The molecule has 0 aromatic carbocycles. The fourth-order valence-electron chi connectivity index (χ4n) is 3.32. The van der Waals surface area contributed by atoms with Crippen molar-refractivity contribution in [2.75, 3.05) is 13.2 Å². The number of ether oxygens (including phenoxy) is 1. The predicted octanol–water partition coefficient (Wildman–Crippen LogP) is 3.27. The van der Waals surface area contributed by atoms with Crippen LogP contribution in [0.15, 0.2) is 12.1 Å². The van der Waals surface area contributed by atoms with Gasteiger partial charge in [-0.15, -0.1) is 11.3 Å². The minimum Gasteiger partial charge on any atom is -0.373 e. The van der Waals surface area contributed by atoms with Crippen molar-refractivity contribution in [3.8, 4) is 0 Å². The van der Waals surface area contributed by atoms with E-state index in [1.165, 1.54) is 21.0 Å². The van der Waals surface area contributed by atoms with Crippen LogP contribution in [0.2, 0.25) is 0 Å². The first-order valence-electron chi connectivity index (χ1n) is 7.94. The van der Waals surface area contributed by atoms with Gasteiger partial charge in [0.05, 0.1) is 11.8 Å². The fourth-order valence-corrected chi connectivity index (χ4v) is 4.18. The molecule has 3 heterocycles. The number of aromatic nitrogens is 2. The second-order valence-electron chi connectivity index (χ2n) is 6.19. The summed E-state index contributed by atoms with van der Waals surface area (Å²) in [4.78, 5) is 2.78. The summed E-state index contributed by atoms with van der Waals surface area (Å²) < 4.78 is 8.01. The highest BCUT2D eigenvalue weighted by Crippen LogP contribution is 2.37. The van der Waals surface area contributed by atoms with E-state index in [4.69, 9.17) is 4.74 Å². The molecule has 0 aliphatic carbocycles. The monoisotopic (exact) mass is 319 g/mol. The molecule has 2 aromatic rings. The molecule has 2 atom stereocenters. The molecule has 1 N–H and O–H groups in total. The Morgan fingerprint density at radius 3 is 2.82 bits per heavy atom. The molecule has 0 saturated carbocycles. The summed E-state index contributed by atoms with van der Waals surface area (Å²) >= 11 is 1.87. The number of nitrogens with one attached hydrogen (secondary N) is 1. The fraction of sp³-hybridized carbons (Fsp3) is 0.588. The van der Waals surface area contributed by atoms with Crippen molar-refractivity contribution in [2.45, 2.75) is 39.8 Å². The Labute approximate surface area is 136 Å². The zero-order chi connectivity index (χ0) is 15.7. The maximum atomic E-state index is 6.04. The van der Waals surface area contributed by atoms with Crippen LogP contribution in [-0.2, 0) is 18.3 Å². The molecule has 5 heteroatoms. The van der Waals surface area contributed by atoms with Crippen LogP contribution in [0.4, 0.5) is 0 Å². The minimum atomic E-state index is 0.186. The Balaban J connectivity index is 1.63. The van der Waals surface area contributed by atoms with Crippen LogP contribution in [0, 0.1) is 26.7 Å². The first-order valence-corrected chi connectivity index (χ1v) is 8.75. The van der Waals surface area contributed by atoms with Gasteiger partial charge in [-0.1, -0.05) is 0 Å². The normalized spacial score (nSPS) is 21.6. The largest absolute Gasteiger partial charge is 0.373 e. The minimum absolute atomic E-state index is 0.186. The van der Waals surface area contributed by atoms with Crippen LogP contribution in [0.25, 0.3) is 0 Å². The topological polar surface area (TPSA) is 39.1 Å². The van der Waals surface area contributed by atoms with Crippen molar-refractivity contribution in [1.82, 2.24) is 15.1 Å². The summed E-state index contributed by atoms with van der Waals surface area (Å²) in [7, 11) is 2.01. The van der Waals surface area contributed by atoms with Gasteiger partial charge in [-0.3, -0.25) is 4.68 Å². The third-order valence-corrected chi connectivity index (χ3v) is 5.57. The molecule has 0 spiro atoms. The van der Waals surface area contributed by atoms with Gasteiger partial charge in [-0.05, 0) is 39.3 Å². The van der Waals surface area contributed by atoms with E-state index in [9.17, 15) is 0 Å². The molecule has 4 nitrogen and oxygen atoms in total. The third kappa shape index (κ3) is 3.12. The predicted molar refractivity (Wildman–Crippen MR) is 90.2 cm³/mol. The molecule has 0 radical (unpaired) electrons. The van der Waals surface area contributed by atoms with Gasteiger partial charge in [0, 0.05) is 53.7 Å². The molecule has 0 unspecified atom stereocenters. The molecule has 1 fully saturated rings. The third-order valence-electron chi connectivity index (χ3n) is 4.57. The van der Waals surface area contributed by atoms with Crippen molar-refractivity contribution in [3.05, 3.63) is 38.8 Å². The van der Waals surface area contributed by atoms with Gasteiger partial charge in [-0.25, -0.2) is 0 Å². The maximum Gasteiger partial charge on any atom is 0.0901 e. The summed E-state index contributed by atoms with van der Waals surface area (Å²) in [6.45, 7) is 9.17. The Hall–Kier alpha value is -1.17. The summed E-state index contributed by atoms with van der Waals surface area (Å²) in [5.74, 6) is 0.530. The molecule has 2 aromatic heterocycles. The van der Waals surface area contributed by atoms with Crippen molar-refractivity contribution < 1.29 is 4.74 Å². The SMILES string of the molecule is Cc1ccc(CNC[C@H]2CCO[C@H]2c2c(C)nn(C)c2C)s1. The number of rotatable bonds is 5. The highest BCUT2D eigenvalue weighted by Gasteiger charge is 2.33. The summed E-state index contributed by atoms with van der Waals surface area (Å²) in [6.07, 6.45) is 1.31. The van der Waals surface area contributed by atoms with E-state index in [2.05, 4.69) is 43.3 Å². The van der Waals surface area contributed by atoms with E-state index >= 15 is 0 Å². The molecule has 1 aliphatic heterocycles. The van der Waals surface area contributed by atoms with Gasteiger partial charge in [0.25, 0.3) is 0 Å². The average Bonchev–Trinajstić information content (AvgIpc) is 3.14. The van der Waals surface area contributed by atoms with E-state index in [1.807, 2.05) is 23.1 Å². The molecular formula is C17H25N3OS. The lowest BCUT2D eigenvalue weighted by molar-refractivity contribution is 0.0894. The number of aryl methyl sites for hydroxylation is 3. The summed E-state index contributed by atoms with van der Waals surface area (Å²) in [5, 5.41) is 8.14.